The molecule has 4 aromatic carbocycles. The fraction of sp³-hybridized carbons (Fsp3) is 0. The molecule has 0 atom stereocenters. The Labute approximate surface area is 217 Å². The highest BCUT2D eigenvalue weighted by Gasteiger charge is 2.20. The Kier molecular flexibility index (Phi) is 6.74. The second-order valence-corrected chi connectivity index (χ2v) is 12.4. The highest BCUT2D eigenvalue weighted by Crippen LogP contribution is 2.34. The van der Waals surface area contributed by atoms with Gasteiger partial charge in [-0.15, -0.1) is 0 Å². The molecule has 0 unspecified atom stereocenters. The summed E-state index contributed by atoms with van der Waals surface area (Å²) in [6.45, 7) is 0. The predicted octanol–water partition coefficient (Wildman–Crippen LogP) is 5.79. The van der Waals surface area contributed by atoms with Crippen LogP contribution in [0.15, 0.2) is 129 Å². The van der Waals surface area contributed by atoms with E-state index in [4.69, 9.17) is 9.47 Å². The monoisotopic (exact) mass is 550 g/mol. The highest BCUT2D eigenvalue weighted by molar-refractivity contribution is 7.91. The lowest BCUT2D eigenvalue weighted by Crippen LogP contribution is -2.01. The zero-order chi connectivity index (χ0) is 25.9. The van der Waals surface area contributed by atoms with Crippen LogP contribution >= 0.6 is 11.3 Å². The van der Waals surface area contributed by atoms with E-state index in [1.807, 2.05) is 0 Å². The quantitative estimate of drug-likeness (QED) is 0.239. The maximum absolute atomic E-state index is 12.9. The molecule has 0 spiro atoms. The van der Waals surface area contributed by atoms with Crippen molar-refractivity contribution in [2.24, 2.45) is 0 Å². The molecule has 1 aromatic heterocycles. The predicted molar refractivity (Wildman–Crippen MR) is 137 cm³/mol. The third-order valence-electron chi connectivity index (χ3n) is 5.14. The molecule has 0 aliphatic carbocycles. The summed E-state index contributed by atoms with van der Waals surface area (Å²) in [7, 11) is -7.42. The van der Waals surface area contributed by atoms with Gasteiger partial charge in [-0.05, 0) is 72.0 Å². The van der Waals surface area contributed by atoms with Gasteiger partial charge in [0.2, 0.25) is 19.7 Å². The molecule has 37 heavy (non-hydrogen) atoms. The van der Waals surface area contributed by atoms with Crippen LogP contribution in [0.1, 0.15) is 0 Å². The van der Waals surface area contributed by atoms with Crippen molar-refractivity contribution >= 4 is 31.0 Å². The summed E-state index contributed by atoms with van der Waals surface area (Å²) in [4.78, 5) is 0.507. The van der Waals surface area contributed by atoms with Crippen LogP contribution in [0.3, 0.4) is 0 Å². The first-order valence-corrected chi connectivity index (χ1v) is 14.6. The molecule has 186 valence electrons. The van der Waals surface area contributed by atoms with Gasteiger partial charge >= 0.3 is 10.4 Å². The van der Waals surface area contributed by atoms with Crippen molar-refractivity contribution in [3.63, 3.8) is 0 Å². The van der Waals surface area contributed by atoms with Gasteiger partial charge in [0.05, 0.1) is 19.6 Å². The molecule has 8 nitrogen and oxygen atoms in total. The number of benzene rings is 4. The molecule has 0 N–H and O–H groups in total. The minimum absolute atomic E-state index is 0.0774. The van der Waals surface area contributed by atoms with Crippen LogP contribution in [0.5, 0.6) is 21.9 Å². The molecule has 0 fully saturated rings. The molecule has 0 aliphatic rings. The summed E-state index contributed by atoms with van der Waals surface area (Å²) in [5.41, 5.74) is 0. The third-order valence-corrected chi connectivity index (χ3v) is 9.35. The lowest BCUT2D eigenvalue weighted by molar-refractivity contribution is 0.460. The van der Waals surface area contributed by atoms with Crippen molar-refractivity contribution in [1.82, 2.24) is 10.2 Å². The first-order valence-electron chi connectivity index (χ1n) is 10.8. The molecule has 0 saturated carbocycles. The summed E-state index contributed by atoms with van der Waals surface area (Å²) in [6, 6.07) is 28.3. The van der Waals surface area contributed by atoms with E-state index in [0.29, 0.717) is 0 Å². The minimum atomic E-state index is -3.71. The van der Waals surface area contributed by atoms with Crippen LogP contribution in [-0.2, 0) is 19.7 Å². The van der Waals surface area contributed by atoms with E-state index < -0.39 is 19.7 Å². The number of hydrogen-bond acceptors (Lipinski definition) is 9. The molecule has 11 heteroatoms. The molecule has 0 radical (unpaired) electrons. The van der Waals surface area contributed by atoms with Crippen molar-refractivity contribution < 1.29 is 26.3 Å². The van der Waals surface area contributed by atoms with Gasteiger partial charge in [-0.25, -0.2) is 16.8 Å². The number of aromatic nitrogens is 2. The largest absolute Gasteiger partial charge is 0.430 e. The smallest absolute Gasteiger partial charge is 0.302 e. The van der Waals surface area contributed by atoms with E-state index in [-0.39, 0.29) is 41.5 Å². The van der Waals surface area contributed by atoms with E-state index in [1.54, 1.807) is 60.7 Å². The van der Waals surface area contributed by atoms with Crippen molar-refractivity contribution in [1.29, 1.82) is 0 Å². The number of nitrogens with zero attached hydrogens (tertiary/aromatic N) is 2. The van der Waals surface area contributed by atoms with E-state index in [0.717, 1.165) is 11.3 Å². The average molecular weight is 551 g/mol. The molecular formula is C26H18N2O6S3. The van der Waals surface area contributed by atoms with E-state index >= 15 is 0 Å². The normalized spacial score (nSPS) is 11.7. The SMILES string of the molecule is O=S(=O)(c1ccccc1)c1cccc(Oc2nnc(Oc3cccc(S(=O)(=O)c4ccccc4)c3)s2)c1. The van der Waals surface area contributed by atoms with Crippen molar-refractivity contribution in [3.8, 4) is 21.9 Å². The molecular weight excluding hydrogens is 532 g/mol. The highest BCUT2D eigenvalue weighted by atomic mass is 32.2. The maximum Gasteiger partial charge on any atom is 0.302 e. The molecule has 0 amide bonds. The average Bonchev–Trinajstić information content (AvgIpc) is 3.36. The third kappa shape index (κ3) is 5.38. The Hall–Kier alpha value is -4.06. The summed E-state index contributed by atoms with van der Waals surface area (Å²) >= 11 is 0.976. The van der Waals surface area contributed by atoms with Crippen LogP contribution in [0, 0.1) is 0 Å². The second kappa shape index (κ2) is 10.1. The zero-order valence-corrected chi connectivity index (χ0v) is 21.4. The van der Waals surface area contributed by atoms with Crippen molar-refractivity contribution in [2.75, 3.05) is 0 Å². The van der Waals surface area contributed by atoms with Crippen LogP contribution in [0.4, 0.5) is 0 Å². The summed E-state index contributed by atoms with van der Waals surface area (Å²) < 4.78 is 63.0. The van der Waals surface area contributed by atoms with E-state index in [1.165, 1.54) is 48.5 Å². The van der Waals surface area contributed by atoms with Gasteiger partial charge in [0, 0.05) is 0 Å². The van der Waals surface area contributed by atoms with Crippen LogP contribution in [-0.4, -0.2) is 27.0 Å². The Morgan fingerprint density at radius 3 is 1.27 bits per heavy atom. The van der Waals surface area contributed by atoms with Crippen molar-refractivity contribution in [2.45, 2.75) is 19.6 Å². The molecule has 0 aliphatic heterocycles. The fourth-order valence-electron chi connectivity index (χ4n) is 3.36. The Morgan fingerprint density at radius 2 is 0.865 bits per heavy atom. The summed E-state index contributed by atoms with van der Waals surface area (Å²) in [6.07, 6.45) is 0. The van der Waals surface area contributed by atoms with Crippen LogP contribution < -0.4 is 9.47 Å². The van der Waals surface area contributed by atoms with Crippen LogP contribution in [0.25, 0.3) is 0 Å². The van der Waals surface area contributed by atoms with Gasteiger partial charge in [0.1, 0.15) is 11.5 Å². The summed E-state index contributed by atoms with van der Waals surface area (Å²) in [5, 5.41) is 8.11. The first kappa shape index (κ1) is 24.6. The number of rotatable bonds is 8. The van der Waals surface area contributed by atoms with Gasteiger partial charge in [-0.3, -0.25) is 0 Å². The van der Waals surface area contributed by atoms with Crippen LogP contribution in [0.2, 0.25) is 0 Å². The van der Waals surface area contributed by atoms with Gasteiger partial charge in [-0.1, -0.05) is 58.7 Å². The first-order chi connectivity index (χ1) is 17.8. The zero-order valence-electron chi connectivity index (χ0n) is 19.0. The fourth-order valence-corrected chi connectivity index (χ4v) is 6.58. The van der Waals surface area contributed by atoms with Gasteiger partial charge in [-0.2, -0.15) is 0 Å². The molecule has 5 aromatic rings. The molecule has 5 rings (SSSR count). The lowest BCUT2D eigenvalue weighted by atomic mass is 10.3. The molecule has 0 saturated heterocycles. The Bertz CT molecular complexity index is 1630. The summed E-state index contributed by atoms with van der Waals surface area (Å²) in [5.74, 6) is 0.520. The van der Waals surface area contributed by atoms with Crippen molar-refractivity contribution in [3.05, 3.63) is 109 Å². The molecule has 1 heterocycles. The van der Waals surface area contributed by atoms with E-state index in [2.05, 4.69) is 10.2 Å². The van der Waals surface area contributed by atoms with Gasteiger partial charge in [0.25, 0.3) is 0 Å². The topological polar surface area (TPSA) is 113 Å². The maximum atomic E-state index is 12.9. The standard InChI is InChI=1S/C26H18N2O6S3/c29-36(30,21-11-3-1-4-12-21)23-15-7-9-19(17-23)33-25-27-28-26(35-25)34-20-10-8-16-24(18-20)37(31,32)22-13-5-2-6-14-22/h1-18H. The number of hydrogen-bond donors (Lipinski definition) is 0. The van der Waals surface area contributed by atoms with E-state index in [9.17, 15) is 16.8 Å². The minimum Gasteiger partial charge on any atom is -0.430 e. The molecule has 0 bridgehead atoms. The number of ether oxygens (including phenoxy) is 2. The second-order valence-electron chi connectivity index (χ2n) is 7.62. The number of sulfone groups is 2. The van der Waals surface area contributed by atoms with Gasteiger partial charge in [0.15, 0.2) is 0 Å². The Balaban J connectivity index is 1.32. The Morgan fingerprint density at radius 1 is 0.486 bits per heavy atom. The van der Waals surface area contributed by atoms with Gasteiger partial charge < -0.3 is 9.47 Å². The lowest BCUT2D eigenvalue weighted by Gasteiger charge is -2.07.